The number of H-pyrrole nitrogens is 1. The predicted octanol–water partition coefficient (Wildman–Crippen LogP) is 2.74. The zero-order valence-corrected chi connectivity index (χ0v) is 11.3. The highest BCUT2D eigenvalue weighted by atomic mass is 16.4. The van der Waals surface area contributed by atoms with E-state index in [2.05, 4.69) is 9.83 Å². The van der Waals surface area contributed by atoms with Gasteiger partial charge in [0, 0.05) is 11.1 Å². The van der Waals surface area contributed by atoms with Crippen LogP contribution in [0.1, 0.15) is 11.1 Å². The van der Waals surface area contributed by atoms with E-state index >= 15 is 0 Å². The van der Waals surface area contributed by atoms with Gasteiger partial charge in [-0.25, -0.2) is 4.85 Å². The molecule has 0 aliphatic rings. The van der Waals surface area contributed by atoms with Crippen molar-refractivity contribution in [2.75, 3.05) is 0 Å². The molecule has 1 aromatic carbocycles. The van der Waals surface area contributed by atoms with Crippen molar-refractivity contribution in [3.63, 3.8) is 0 Å². The Morgan fingerprint density at radius 3 is 2.81 bits per heavy atom. The number of carboxylic acids is 1. The number of aromatic amines is 1. The van der Waals surface area contributed by atoms with Gasteiger partial charge in [-0.3, -0.25) is 9.59 Å². The summed E-state index contributed by atoms with van der Waals surface area (Å²) < 4.78 is 0. The molecule has 0 atom stereocenters. The zero-order chi connectivity index (χ0) is 15.4. The van der Waals surface area contributed by atoms with E-state index < -0.39 is 11.7 Å². The number of aliphatic carboxylic acids is 1. The number of carboxylic acid groups (broad SMARTS) is 1. The van der Waals surface area contributed by atoms with Crippen molar-refractivity contribution in [3.8, 4) is 0 Å². The summed E-state index contributed by atoms with van der Waals surface area (Å²) in [6.07, 6.45) is 4.02. The van der Waals surface area contributed by atoms with E-state index in [1.54, 1.807) is 6.07 Å². The number of nitrogens with zero attached hydrogens (tertiary/aromatic N) is 1. The molecule has 2 rings (SSSR count). The monoisotopic (exact) mass is 280 g/mol. The fourth-order valence-electron chi connectivity index (χ4n) is 1.85. The van der Waals surface area contributed by atoms with Crippen molar-refractivity contribution < 1.29 is 9.90 Å². The second kappa shape index (κ2) is 5.88. The van der Waals surface area contributed by atoms with Crippen LogP contribution in [0, 0.1) is 13.5 Å². The lowest BCUT2D eigenvalue weighted by molar-refractivity contribution is -0.132. The van der Waals surface area contributed by atoms with E-state index in [0.29, 0.717) is 5.56 Å². The van der Waals surface area contributed by atoms with Crippen molar-refractivity contribution in [1.29, 1.82) is 0 Å². The number of hydrogen-bond donors (Lipinski definition) is 2. The first-order valence-electron chi connectivity index (χ1n) is 6.14. The third-order valence-corrected chi connectivity index (χ3v) is 2.90. The number of allylic oxidation sites excluding steroid dienone is 2. The first kappa shape index (κ1) is 14.3. The van der Waals surface area contributed by atoms with Crippen LogP contribution >= 0.6 is 0 Å². The maximum absolute atomic E-state index is 11.9. The van der Waals surface area contributed by atoms with Crippen LogP contribution in [0.4, 0.5) is 0 Å². The number of fused-ring (bicyclic) bond motifs is 1. The Bertz CT molecular complexity index is 867. The molecule has 1 heterocycles. The Balaban J connectivity index is 2.42. The lowest BCUT2D eigenvalue weighted by Crippen LogP contribution is -2.08. The minimum atomic E-state index is -1.29. The summed E-state index contributed by atoms with van der Waals surface area (Å²) in [6.45, 7) is 8.66. The number of aryl methyl sites for hydroxylation is 1. The highest BCUT2D eigenvalue weighted by Gasteiger charge is 2.04. The smallest absolute Gasteiger partial charge is 0.333 e. The molecular weight excluding hydrogens is 268 g/mol. The highest BCUT2D eigenvalue weighted by Crippen LogP contribution is 2.13. The Hall–Kier alpha value is -3.13. The number of pyridine rings is 1. The quantitative estimate of drug-likeness (QED) is 0.515. The van der Waals surface area contributed by atoms with Crippen molar-refractivity contribution in [2.24, 2.45) is 0 Å². The molecule has 5 heteroatoms. The zero-order valence-electron chi connectivity index (χ0n) is 11.3. The molecule has 1 aromatic heterocycles. The Morgan fingerprint density at radius 1 is 1.38 bits per heavy atom. The van der Waals surface area contributed by atoms with Crippen LogP contribution in [0.5, 0.6) is 0 Å². The van der Waals surface area contributed by atoms with Gasteiger partial charge in [0.2, 0.25) is 0 Å². The third kappa shape index (κ3) is 3.25. The molecule has 0 amide bonds. The summed E-state index contributed by atoms with van der Waals surface area (Å²) in [6, 6.07) is 7.44. The molecular formula is C16H12N2O3. The van der Waals surface area contributed by atoms with Gasteiger partial charge >= 0.3 is 5.97 Å². The van der Waals surface area contributed by atoms with Gasteiger partial charge in [-0.2, -0.15) is 0 Å². The molecule has 0 saturated carbocycles. The Kier molecular flexibility index (Phi) is 4.00. The minimum absolute atomic E-state index is 0.266. The molecule has 0 spiro atoms. The molecule has 21 heavy (non-hydrogen) atoms. The van der Waals surface area contributed by atoms with Crippen LogP contribution in [0.25, 0.3) is 21.8 Å². The van der Waals surface area contributed by atoms with Gasteiger partial charge in [-0.15, -0.1) is 0 Å². The van der Waals surface area contributed by atoms with E-state index in [0.717, 1.165) is 22.5 Å². The lowest BCUT2D eigenvalue weighted by atomic mass is 10.1. The van der Waals surface area contributed by atoms with Gasteiger partial charge in [0.05, 0.1) is 6.57 Å². The first-order chi connectivity index (χ1) is 10.0. The molecule has 0 radical (unpaired) electrons. The highest BCUT2D eigenvalue weighted by molar-refractivity contribution is 5.89. The fraction of sp³-hybridized carbons (Fsp3) is 0.0625. The van der Waals surface area contributed by atoms with Crippen molar-refractivity contribution in [3.05, 3.63) is 75.0 Å². The Morgan fingerprint density at radius 2 is 2.14 bits per heavy atom. The molecule has 2 aromatic rings. The van der Waals surface area contributed by atoms with Crippen LogP contribution in [0.2, 0.25) is 0 Å². The average Bonchev–Trinajstić information content (AvgIpc) is 2.43. The molecule has 5 nitrogen and oxygen atoms in total. The maximum atomic E-state index is 11.9. The molecule has 0 saturated heterocycles. The topological polar surface area (TPSA) is 74.5 Å². The second-order valence-corrected chi connectivity index (χ2v) is 4.47. The van der Waals surface area contributed by atoms with E-state index in [1.165, 1.54) is 12.2 Å². The third-order valence-electron chi connectivity index (χ3n) is 2.90. The molecule has 0 unspecified atom stereocenters. The normalized spacial score (nSPS) is 11.7. The van der Waals surface area contributed by atoms with E-state index in [-0.39, 0.29) is 5.56 Å². The Labute approximate surface area is 120 Å². The summed E-state index contributed by atoms with van der Waals surface area (Å²) in [5.74, 6) is -1.29. The van der Waals surface area contributed by atoms with E-state index in [9.17, 15) is 9.59 Å². The second-order valence-electron chi connectivity index (χ2n) is 4.47. The van der Waals surface area contributed by atoms with Gasteiger partial charge in [0.1, 0.15) is 0 Å². The SMILES string of the molecule is [C-]#[N+]/C(=C\C=C\c1cc2ccc(C)cc2[nH]c1=O)C(=O)O. The van der Waals surface area contributed by atoms with Gasteiger partial charge in [0.25, 0.3) is 11.3 Å². The molecule has 0 fully saturated rings. The lowest BCUT2D eigenvalue weighted by Gasteiger charge is -2.00. The van der Waals surface area contributed by atoms with Gasteiger partial charge in [-0.1, -0.05) is 24.3 Å². The summed E-state index contributed by atoms with van der Waals surface area (Å²) in [4.78, 5) is 28.2. The van der Waals surface area contributed by atoms with Gasteiger partial charge in [-0.05, 0) is 36.1 Å². The predicted molar refractivity (Wildman–Crippen MR) is 80.7 cm³/mol. The molecule has 0 aliphatic carbocycles. The summed E-state index contributed by atoms with van der Waals surface area (Å²) in [7, 11) is 0. The number of aromatic nitrogens is 1. The van der Waals surface area contributed by atoms with Crippen LogP contribution < -0.4 is 5.56 Å². The fourth-order valence-corrected chi connectivity index (χ4v) is 1.85. The summed E-state index contributed by atoms with van der Waals surface area (Å²) in [5.41, 5.74) is 1.53. The van der Waals surface area contributed by atoms with Crippen LogP contribution in [0.3, 0.4) is 0 Å². The first-order valence-corrected chi connectivity index (χ1v) is 6.14. The number of carbonyl (C=O) groups is 1. The van der Waals surface area contributed by atoms with E-state index in [1.807, 2.05) is 25.1 Å². The summed E-state index contributed by atoms with van der Waals surface area (Å²) >= 11 is 0. The standard InChI is InChI=1S/C16H12N2O3/c1-10-6-7-11-9-12(15(19)18-14(11)8-10)4-3-5-13(17-2)16(20)21/h3-9H,1H3,(H,18,19)(H,20,21)/b4-3+,13-5-. The largest absolute Gasteiger partial charge is 0.486 e. The molecule has 2 N–H and O–H groups in total. The van der Waals surface area contributed by atoms with Gasteiger partial charge < -0.3 is 10.1 Å². The number of nitrogens with one attached hydrogen (secondary N) is 1. The van der Waals surface area contributed by atoms with Crippen molar-refractivity contribution in [2.45, 2.75) is 6.92 Å². The van der Waals surface area contributed by atoms with Gasteiger partial charge in [0.15, 0.2) is 0 Å². The number of benzene rings is 1. The van der Waals surface area contributed by atoms with Crippen molar-refractivity contribution in [1.82, 2.24) is 4.98 Å². The minimum Gasteiger partial charge on any atom is -0.486 e. The number of hydrogen-bond acceptors (Lipinski definition) is 2. The van der Waals surface area contributed by atoms with Crippen LogP contribution in [-0.4, -0.2) is 16.1 Å². The van der Waals surface area contributed by atoms with Crippen molar-refractivity contribution >= 4 is 22.9 Å². The van der Waals surface area contributed by atoms with Crippen LogP contribution in [-0.2, 0) is 4.79 Å². The maximum Gasteiger partial charge on any atom is 0.333 e. The van der Waals surface area contributed by atoms with Crippen LogP contribution in [0.15, 0.2) is 46.9 Å². The number of rotatable bonds is 3. The summed E-state index contributed by atoms with van der Waals surface area (Å²) in [5, 5.41) is 9.59. The molecule has 0 aliphatic heterocycles. The molecule has 0 bridgehead atoms. The van der Waals surface area contributed by atoms with E-state index in [4.69, 9.17) is 11.7 Å². The molecule has 104 valence electrons. The average molecular weight is 280 g/mol.